The number of aliphatic carboxylic acids is 1. The number of benzene rings is 4. The number of carboxylic acid groups (broad SMARTS) is 1. The van der Waals surface area contributed by atoms with Crippen LogP contribution in [0.3, 0.4) is 0 Å². The molecule has 82 heavy (non-hydrogen) atoms. The van der Waals surface area contributed by atoms with E-state index < -0.39 is 72.2 Å². The van der Waals surface area contributed by atoms with E-state index in [1.807, 2.05) is 0 Å². The van der Waals surface area contributed by atoms with Crippen LogP contribution < -0.4 is 5.46 Å². The Balaban J connectivity index is -0.00000113. The van der Waals surface area contributed by atoms with E-state index in [0.29, 0.717) is 41.2 Å². The van der Waals surface area contributed by atoms with Crippen molar-refractivity contribution in [2.24, 2.45) is 0 Å². The first-order valence-corrected chi connectivity index (χ1v) is 22.0. The molecule has 0 aliphatic rings. The number of esters is 2. The summed E-state index contributed by atoms with van der Waals surface area (Å²) >= 11 is 11.7. The van der Waals surface area contributed by atoms with Gasteiger partial charge in [0.25, 0.3) is 5.97 Å². The normalized spacial score (nSPS) is 11.1. The summed E-state index contributed by atoms with van der Waals surface area (Å²) in [5.41, 5.74) is -12.0. The number of methoxy groups -OCH3 is 2. The van der Waals surface area contributed by atoms with Gasteiger partial charge in [0.15, 0.2) is 0 Å². The average Bonchev–Trinajstić information content (AvgIpc) is 4.03. The van der Waals surface area contributed by atoms with Crippen LogP contribution >= 0.6 is 23.2 Å². The number of carbonyl (C=O) groups excluding carboxylic acids is 3. The summed E-state index contributed by atoms with van der Waals surface area (Å²) < 4.78 is 195. The largest absolute Gasteiger partial charge is 1.00 e. The molecule has 4 aromatic carbocycles. The number of alkyl halides is 14. The van der Waals surface area contributed by atoms with Crippen LogP contribution in [-0.2, 0) is 47.5 Å². The van der Waals surface area contributed by atoms with Gasteiger partial charge in [-0.1, -0.05) is 68.4 Å². The van der Waals surface area contributed by atoms with Crippen molar-refractivity contribution in [2.75, 3.05) is 14.2 Å². The van der Waals surface area contributed by atoms with Crippen LogP contribution in [0.25, 0.3) is 28.2 Å². The third kappa shape index (κ3) is 18.7. The Morgan fingerprint density at radius 3 is 1.32 bits per heavy atom. The molecule has 0 radical (unpaired) electrons. The van der Waals surface area contributed by atoms with Gasteiger partial charge in [-0.25, -0.2) is 23.1 Å². The maximum atomic E-state index is 14.5. The van der Waals surface area contributed by atoms with Gasteiger partial charge in [-0.3, -0.25) is 16.2 Å². The van der Waals surface area contributed by atoms with E-state index in [4.69, 9.17) is 47.9 Å². The Labute approximate surface area is 480 Å². The third-order valence-corrected chi connectivity index (χ3v) is 11.0. The van der Waals surface area contributed by atoms with Crippen molar-refractivity contribution in [3.05, 3.63) is 140 Å². The van der Waals surface area contributed by atoms with Crippen molar-refractivity contribution in [1.82, 2.24) is 20.0 Å². The molecule has 2 heterocycles. The van der Waals surface area contributed by atoms with E-state index in [0.717, 1.165) is 6.92 Å². The number of carboxylic acids is 1. The van der Waals surface area contributed by atoms with Crippen LogP contribution in [0.15, 0.2) is 85.2 Å². The SMILES string of the molecule is C.C.CC(=O)O.COC(=O)c1cc(-n2ccc(-c3c(C)cc(C(F)(C(F)(F)F)C(F)(F)F)cc3C)n2)ccc1Cl.COC(=O)c1cc(B(O)O)ccc1Cl.C[C-]=O.Cc1cc(C(F)(C(F)(F)F)C(F)(F)F)cc(C)c1-c1ccn[nH]1.O.[Cu+]. The summed E-state index contributed by atoms with van der Waals surface area (Å²) in [5.74, 6) is -2.14. The fourth-order valence-electron chi connectivity index (χ4n) is 7.02. The standard InChI is InChI=1S/C22H16ClF7N2O2.C14H11F7N2.C8H8BClO4.C2H4O2.C2H3O.2CH4.Cu.H2O/c1-11-8-13(20(24,21(25,26)27)22(28,29)30)9-12(2)18(11)17-6-7-32(31-17)14-4-5-16(23)15(10-14)19(33)34-3;1-7-5-9(12(15,13(16,17)18)14(19,20)21)6-8(2)11(7)10-3-4-22-23-10;1-14-8(11)6-4-5(9(12)13)2-3-7(6)10;1-2(3)4;1-2-3;;;;/h4-10H,1-3H3;3-6H,1-2H3,(H,22,23);2-4,12-13H,1H3;1H3,(H,3,4);1H3;2*1H4;;1H2/q;;;;-1;;;+1;. The quantitative estimate of drug-likeness (QED) is 0.0485. The maximum Gasteiger partial charge on any atom is 1.00 e. The number of aromatic nitrogens is 4. The number of rotatable bonds is 8. The minimum absolute atomic E-state index is 0. The van der Waals surface area contributed by atoms with Gasteiger partial charge in [-0.2, -0.15) is 69.8 Å². The summed E-state index contributed by atoms with van der Waals surface area (Å²) in [6.45, 7) is 7.53. The number of aromatic amines is 1. The fourth-order valence-corrected chi connectivity index (χ4v) is 7.41. The predicted molar refractivity (Wildman–Crippen MR) is 272 cm³/mol. The minimum atomic E-state index is -6.21. The van der Waals surface area contributed by atoms with Gasteiger partial charge in [0.1, 0.15) is 0 Å². The molecule has 458 valence electrons. The second-order valence-electron chi connectivity index (χ2n) is 15.9. The molecule has 0 aliphatic heterocycles. The van der Waals surface area contributed by atoms with Crippen LogP contribution in [-0.4, -0.2) is 111 Å². The Kier molecular flexibility index (Phi) is 30.9. The Morgan fingerprint density at radius 1 is 0.634 bits per heavy atom. The molecule has 0 atom stereocenters. The molecule has 0 bridgehead atoms. The molecule has 6 rings (SSSR count). The van der Waals surface area contributed by atoms with E-state index in [9.17, 15) is 71.1 Å². The number of carbonyl (C=O) groups is 3. The van der Waals surface area contributed by atoms with E-state index >= 15 is 0 Å². The number of H-pyrrole nitrogens is 1. The van der Waals surface area contributed by atoms with Crippen LogP contribution in [0.4, 0.5) is 61.5 Å². The summed E-state index contributed by atoms with van der Waals surface area (Å²) in [6, 6.07) is 13.6. The number of nitrogens with zero attached hydrogens (tertiary/aromatic N) is 3. The van der Waals surface area contributed by atoms with Gasteiger partial charge in [0.2, 0.25) is 0 Å². The Bertz CT molecular complexity index is 2990. The summed E-state index contributed by atoms with van der Waals surface area (Å²) in [7, 11) is 0.771. The maximum absolute atomic E-state index is 14.5. The zero-order valence-electron chi connectivity index (χ0n) is 42.1. The molecule has 0 saturated heterocycles. The molecule has 2 aromatic heterocycles. The van der Waals surface area contributed by atoms with E-state index in [2.05, 4.69) is 24.8 Å². The molecule has 0 aliphatic carbocycles. The Morgan fingerprint density at radius 2 is 0.988 bits per heavy atom. The zero-order chi connectivity index (χ0) is 60.3. The zero-order valence-corrected chi connectivity index (χ0v) is 44.6. The van der Waals surface area contributed by atoms with Gasteiger partial charge in [0.05, 0.1) is 52.5 Å². The van der Waals surface area contributed by atoms with E-state index in [-0.39, 0.29) is 97.5 Å². The van der Waals surface area contributed by atoms with Crippen molar-refractivity contribution >= 4 is 60.0 Å². The van der Waals surface area contributed by atoms with Gasteiger partial charge in [0, 0.05) is 41.6 Å². The molecule has 32 heteroatoms. The first-order chi connectivity index (χ1) is 35.7. The van der Waals surface area contributed by atoms with E-state index in [1.165, 1.54) is 115 Å². The molecular formula is C50H52BCl2CuF14N4O10. The number of ether oxygens (including phenoxy) is 2. The Hall–Kier alpha value is -6.56. The average molecular weight is 1280 g/mol. The molecule has 0 amide bonds. The second-order valence-corrected chi connectivity index (χ2v) is 16.7. The number of hydrogen-bond acceptors (Lipinski definition) is 10. The monoisotopic (exact) mass is 1280 g/mol. The first kappa shape index (κ1) is 79.7. The number of hydrogen-bond donors (Lipinski definition) is 4. The smallest absolute Gasteiger partial charge is 0.542 e. The van der Waals surface area contributed by atoms with Crippen molar-refractivity contribution in [1.29, 1.82) is 0 Å². The van der Waals surface area contributed by atoms with Crippen molar-refractivity contribution in [2.45, 2.75) is 92.4 Å². The minimum Gasteiger partial charge on any atom is -0.542 e. The van der Waals surface area contributed by atoms with Crippen LogP contribution in [0.2, 0.25) is 10.0 Å². The molecule has 6 N–H and O–H groups in total. The van der Waals surface area contributed by atoms with Crippen LogP contribution in [0, 0.1) is 27.7 Å². The third-order valence-electron chi connectivity index (χ3n) is 10.4. The molecule has 0 saturated carbocycles. The van der Waals surface area contributed by atoms with Gasteiger partial charge in [-0.15, -0.1) is 0 Å². The molecule has 0 spiro atoms. The molecule has 0 fully saturated rings. The molecule has 14 nitrogen and oxygen atoms in total. The number of halogens is 16. The molecule has 0 unspecified atom stereocenters. The number of aryl methyl sites for hydroxylation is 4. The predicted octanol–water partition coefficient (Wildman–Crippen LogP) is 12.3. The van der Waals surface area contributed by atoms with Crippen molar-refractivity contribution in [3.8, 4) is 28.2 Å². The van der Waals surface area contributed by atoms with Gasteiger partial charge in [-0.05, 0) is 97.9 Å². The molecule has 6 aromatic rings. The number of nitrogens with one attached hydrogen (secondary N) is 1. The summed E-state index contributed by atoms with van der Waals surface area (Å²) in [5, 5.41) is 36.0. The van der Waals surface area contributed by atoms with E-state index in [1.54, 1.807) is 6.07 Å². The molecular weight excluding hydrogens is 1230 g/mol. The topological polar surface area (TPSA) is 225 Å². The second kappa shape index (κ2) is 31.8. The van der Waals surface area contributed by atoms with Crippen LogP contribution in [0.1, 0.15) is 82.8 Å². The van der Waals surface area contributed by atoms with Gasteiger partial charge >= 0.3 is 72.2 Å². The van der Waals surface area contributed by atoms with Crippen molar-refractivity contribution < 1.29 is 128 Å². The summed E-state index contributed by atoms with van der Waals surface area (Å²) in [6.07, 6.45) is -20.3. The fraction of sp³-hybridized carbons (Fsp3) is 0.320. The van der Waals surface area contributed by atoms with Crippen molar-refractivity contribution in [3.63, 3.8) is 0 Å². The summed E-state index contributed by atoms with van der Waals surface area (Å²) in [4.78, 5) is 40.7. The first-order valence-electron chi connectivity index (χ1n) is 21.3. The van der Waals surface area contributed by atoms with Crippen LogP contribution in [0.5, 0.6) is 0 Å². The van der Waals surface area contributed by atoms with Gasteiger partial charge < -0.3 is 34.9 Å².